The van der Waals surface area contributed by atoms with E-state index >= 15 is 0 Å². The summed E-state index contributed by atoms with van der Waals surface area (Å²) in [6, 6.07) is 0. The van der Waals surface area contributed by atoms with E-state index in [2.05, 4.69) is 34.6 Å². The van der Waals surface area contributed by atoms with Gasteiger partial charge < -0.3 is 33.8 Å². The summed E-state index contributed by atoms with van der Waals surface area (Å²) in [6.07, 6.45) is 76.6. The van der Waals surface area contributed by atoms with Crippen molar-refractivity contribution in [3.63, 3.8) is 0 Å². The van der Waals surface area contributed by atoms with Crippen molar-refractivity contribution in [2.75, 3.05) is 39.6 Å². The van der Waals surface area contributed by atoms with Crippen LogP contribution in [0.4, 0.5) is 0 Å². The molecule has 0 amide bonds. The quantitative estimate of drug-likeness (QED) is 0.0222. The Labute approximate surface area is 664 Å². The molecule has 0 fully saturated rings. The molecule has 0 aromatic heterocycles. The van der Waals surface area contributed by atoms with Crippen LogP contribution < -0.4 is 0 Å². The first-order chi connectivity index (χ1) is 52.6. The molecular weight excluding hydrogens is 1400 g/mol. The Hall–Kier alpha value is -1.94. The normalized spacial score (nSPS) is 14.0. The summed E-state index contributed by atoms with van der Waals surface area (Å²) in [5.74, 6) is -1.37. The number of carbonyl (C=O) groups is 4. The first kappa shape index (κ1) is 106. The highest BCUT2D eigenvalue weighted by molar-refractivity contribution is 7.47. The molecule has 0 aromatic carbocycles. The second-order valence-electron chi connectivity index (χ2n) is 32.2. The highest BCUT2D eigenvalue weighted by Crippen LogP contribution is 2.45. The third kappa shape index (κ3) is 80.7. The van der Waals surface area contributed by atoms with Crippen molar-refractivity contribution in [2.45, 2.75) is 502 Å². The van der Waals surface area contributed by atoms with Crippen molar-refractivity contribution in [1.82, 2.24) is 0 Å². The Balaban J connectivity index is 5.21. The molecule has 0 heterocycles. The Bertz CT molecular complexity index is 2050. The third-order valence-electron chi connectivity index (χ3n) is 21.4. The first-order valence-electron chi connectivity index (χ1n) is 46.2. The predicted octanol–water partition coefficient (Wildman–Crippen LogP) is 27.5. The maximum atomic E-state index is 13.2. The molecule has 0 aromatic rings. The number of ether oxygens (including phenoxy) is 4. The molecule has 0 rings (SSSR count). The Kier molecular flexibility index (Phi) is 80.2. The van der Waals surface area contributed by atoms with Crippen molar-refractivity contribution in [1.29, 1.82) is 0 Å². The van der Waals surface area contributed by atoms with E-state index in [0.717, 1.165) is 102 Å². The van der Waals surface area contributed by atoms with Crippen molar-refractivity contribution in [2.24, 2.45) is 5.92 Å². The monoisotopic (exact) mass is 1580 g/mol. The fourth-order valence-corrected chi connectivity index (χ4v) is 15.5. The molecule has 0 bridgehead atoms. The molecule has 3 N–H and O–H groups in total. The van der Waals surface area contributed by atoms with Crippen LogP contribution in [-0.2, 0) is 65.4 Å². The summed E-state index contributed by atoms with van der Waals surface area (Å²) in [4.78, 5) is 73.3. The van der Waals surface area contributed by atoms with Crippen molar-refractivity contribution >= 4 is 39.5 Å². The summed E-state index contributed by atoms with van der Waals surface area (Å²) < 4.78 is 69.0. The number of phosphoric acid groups is 2. The number of unbranched alkanes of at least 4 members (excludes halogenated alkanes) is 60. The van der Waals surface area contributed by atoms with Gasteiger partial charge in [-0.3, -0.25) is 37.3 Å². The van der Waals surface area contributed by atoms with Gasteiger partial charge in [0.05, 0.1) is 26.4 Å². The number of hydrogen-bond acceptors (Lipinski definition) is 15. The van der Waals surface area contributed by atoms with Crippen molar-refractivity contribution in [3.05, 3.63) is 0 Å². The van der Waals surface area contributed by atoms with Crippen LogP contribution in [0.2, 0.25) is 0 Å². The van der Waals surface area contributed by atoms with E-state index in [1.54, 1.807) is 0 Å². The van der Waals surface area contributed by atoms with E-state index in [0.29, 0.717) is 25.7 Å². The number of phosphoric ester groups is 2. The van der Waals surface area contributed by atoms with Gasteiger partial charge in [0.2, 0.25) is 0 Å². The highest BCUT2D eigenvalue weighted by atomic mass is 31.2. The van der Waals surface area contributed by atoms with Gasteiger partial charge in [0, 0.05) is 25.7 Å². The molecule has 0 aliphatic heterocycles. The zero-order valence-electron chi connectivity index (χ0n) is 71.0. The maximum Gasteiger partial charge on any atom is 0.472 e. The third-order valence-corrected chi connectivity index (χ3v) is 23.3. The molecule has 0 aliphatic rings. The van der Waals surface area contributed by atoms with Crippen LogP contribution in [0.25, 0.3) is 0 Å². The molecule has 3 unspecified atom stereocenters. The smallest absolute Gasteiger partial charge is 0.462 e. The number of rotatable bonds is 89. The number of carbonyl (C=O) groups excluding carboxylic acids is 4. The van der Waals surface area contributed by atoms with Gasteiger partial charge in [0.25, 0.3) is 0 Å². The summed E-state index contributed by atoms with van der Waals surface area (Å²) >= 11 is 0. The summed E-state index contributed by atoms with van der Waals surface area (Å²) in [5.41, 5.74) is 0. The molecular formula is C89H174O17P2. The Morgan fingerprint density at radius 3 is 0.657 bits per heavy atom. The minimum atomic E-state index is -4.97. The van der Waals surface area contributed by atoms with Gasteiger partial charge in [-0.1, -0.05) is 433 Å². The fourth-order valence-electron chi connectivity index (χ4n) is 14.0. The Morgan fingerprint density at radius 1 is 0.259 bits per heavy atom. The van der Waals surface area contributed by atoms with Crippen molar-refractivity contribution in [3.8, 4) is 0 Å². The van der Waals surface area contributed by atoms with E-state index in [4.69, 9.17) is 37.0 Å². The highest BCUT2D eigenvalue weighted by Gasteiger charge is 2.31. The average molecular weight is 1580 g/mol. The second kappa shape index (κ2) is 81.6. The standard InChI is InChI=1S/C89H174O17P2/c1-6-10-13-16-19-22-25-28-31-34-36-38-40-42-45-47-50-53-56-62-67-72-86(91)99-78-84(105-88(93)74-70-65-58-55-52-49-46-43-41-39-37-35-32-29-26-23-20-17-14-11-7-2)80-103-107(95,96)101-76-83(90)77-102-108(97,98)104-81-85(79-100-87(92)73-68-63-60-59-61-66-71-82(5)9-4)106-89(94)75-69-64-57-54-51-48-44-33-30-27-24-21-18-15-12-8-3/h82-85,90H,6-81H2,1-5H3,(H,95,96)(H,97,98)/t82?,83-,84-,85-/m1/s1. The van der Waals surface area contributed by atoms with Crippen LogP contribution in [0.1, 0.15) is 484 Å². The van der Waals surface area contributed by atoms with Crippen LogP contribution in [0.15, 0.2) is 0 Å². The second-order valence-corrected chi connectivity index (χ2v) is 35.1. The lowest BCUT2D eigenvalue weighted by atomic mass is 10.00. The molecule has 19 heteroatoms. The zero-order valence-corrected chi connectivity index (χ0v) is 72.8. The van der Waals surface area contributed by atoms with Crippen molar-refractivity contribution < 1.29 is 80.2 Å². The molecule has 0 aliphatic carbocycles. The lowest BCUT2D eigenvalue weighted by Gasteiger charge is -2.21. The van der Waals surface area contributed by atoms with Crippen LogP contribution in [-0.4, -0.2) is 96.7 Å². The van der Waals surface area contributed by atoms with E-state index in [1.807, 2.05) is 0 Å². The maximum absolute atomic E-state index is 13.2. The van der Waals surface area contributed by atoms with E-state index < -0.39 is 97.5 Å². The lowest BCUT2D eigenvalue weighted by molar-refractivity contribution is -0.161. The summed E-state index contributed by atoms with van der Waals surface area (Å²) in [5, 5.41) is 10.7. The number of aliphatic hydroxyl groups is 1. The van der Waals surface area contributed by atoms with Gasteiger partial charge in [-0.2, -0.15) is 0 Å². The minimum Gasteiger partial charge on any atom is -0.462 e. The summed E-state index contributed by atoms with van der Waals surface area (Å²) in [7, 11) is -9.93. The van der Waals surface area contributed by atoms with Gasteiger partial charge in [-0.05, 0) is 31.6 Å². The van der Waals surface area contributed by atoms with Crippen LogP contribution in [0, 0.1) is 5.92 Å². The van der Waals surface area contributed by atoms with E-state index in [9.17, 15) is 43.2 Å². The van der Waals surface area contributed by atoms with Crippen LogP contribution in [0.3, 0.4) is 0 Å². The predicted molar refractivity (Wildman–Crippen MR) is 446 cm³/mol. The van der Waals surface area contributed by atoms with Crippen LogP contribution >= 0.6 is 15.6 Å². The molecule has 6 atom stereocenters. The van der Waals surface area contributed by atoms with Gasteiger partial charge in [-0.15, -0.1) is 0 Å². The molecule has 108 heavy (non-hydrogen) atoms. The molecule has 0 saturated heterocycles. The van der Waals surface area contributed by atoms with E-state index in [-0.39, 0.29) is 25.7 Å². The number of hydrogen-bond donors (Lipinski definition) is 3. The van der Waals surface area contributed by atoms with Gasteiger partial charge >= 0.3 is 39.5 Å². The number of esters is 4. The lowest BCUT2D eigenvalue weighted by Crippen LogP contribution is -2.30. The summed E-state index contributed by atoms with van der Waals surface area (Å²) in [6.45, 7) is 7.34. The zero-order chi connectivity index (χ0) is 79.0. The molecule has 642 valence electrons. The topological polar surface area (TPSA) is 237 Å². The molecule has 0 saturated carbocycles. The fraction of sp³-hybridized carbons (Fsp3) is 0.955. The average Bonchev–Trinajstić information content (AvgIpc) is 0.899. The van der Waals surface area contributed by atoms with E-state index in [1.165, 1.54) is 302 Å². The number of aliphatic hydroxyl groups excluding tert-OH is 1. The SMILES string of the molecule is CCCCCCCCCCCCCCCCCCCCCCCC(=O)OC[C@H](COP(=O)(O)OC[C@@H](O)COP(=O)(O)OC[C@@H](COC(=O)CCCCCCCCC(C)CC)OC(=O)CCCCCCCCCCCCCCCCCC)OC(=O)CCCCCCCCCCCCCCCCCCCCCCC. The van der Waals surface area contributed by atoms with Gasteiger partial charge in [0.15, 0.2) is 12.2 Å². The molecule has 17 nitrogen and oxygen atoms in total. The van der Waals surface area contributed by atoms with Gasteiger partial charge in [-0.25, -0.2) is 9.13 Å². The molecule has 0 radical (unpaired) electrons. The largest absolute Gasteiger partial charge is 0.472 e. The molecule has 0 spiro atoms. The minimum absolute atomic E-state index is 0.108. The Morgan fingerprint density at radius 2 is 0.444 bits per heavy atom. The van der Waals surface area contributed by atoms with Crippen LogP contribution in [0.5, 0.6) is 0 Å². The first-order valence-corrected chi connectivity index (χ1v) is 49.2. The van der Waals surface area contributed by atoms with Gasteiger partial charge in [0.1, 0.15) is 19.3 Å².